The number of halogens is 6. The third-order valence-corrected chi connectivity index (χ3v) is 9.84. The molecule has 0 amide bonds. The van der Waals surface area contributed by atoms with E-state index >= 15 is 13.2 Å². The number of hydrogen-bond donors (Lipinski definition) is 0. The summed E-state index contributed by atoms with van der Waals surface area (Å²) in [5.41, 5.74) is -2.45. The van der Waals surface area contributed by atoms with Gasteiger partial charge in [0.1, 0.15) is 38.7 Å². The van der Waals surface area contributed by atoms with Crippen LogP contribution in [-0.2, 0) is 0 Å². The van der Waals surface area contributed by atoms with Gasteiger partial charge in [0.2, 0.25) is 12.6 Å². The maximum Gasteiger partial charge on any atom is 0.319 e. The van der Waals surface area contributed by atoms with Crippen molar-refractivity contribution in [2.24, 2.45) is 5.92 Å². The number of ether oxygens (including phenoxy) is 2. The summed E-state index contributed by atoms with van der Waals surface area (Å²) in [6.45, 7) is -5.60. The molecule has 1 aliphatic carbocycles. The average molecular weight is 648 g/mol. The summed E-state index contributed by atoms with van der Waals surface area (Å²) in [7, 11) is 0. The summed E-state index contributed by atoms with van der Waals surface area (Å²) in [4.78, 5) is 16.4. The Bertz CT molecular complexity index is 2020. The van der Waals surface area contributed by atoms with Crippen molar-refractivity contribution in [1.29, 1.82) is 0 Å². The minimum Gasteiger partial charge on any atom is -0.461 e. The van der Waals surface area contributed by atoms with E-state index < -0.39 is 77.7 Å². The highest BCUT2D eigenvalue weighted by atomic mass is 19.2. The first kappa shape index (κ1) is 25.2. The average Bonchev–Trinajstić information content (AvgIpc) is 3.40. The molecule has 0 spiro atoms. The normalized spacial score (nSPS) is 29.5. The van der Waals surface area contributed by atoms with Crippen LogP contribution in [0.5, 0.6) is 11.8 Å². The van der Waals surface area contributed by atoms with Gasteiger partial charge in [0.25, 0.3) is 0 Å². The van der Waals surface area contributed by atoms with Gasteiger partial charge in [-0.2, -0.15) is 14.4 Å². The van der Waals surface area contributed by atoms with Gasteiger partial charge in [-0.15, -0.1) is 0 Å². The smallest absolute Gasteiger partial charge is 0.319 e. The highest BCUT2D eigenvalue weighted by Crippen LogP contribution is 2.48. The number of benzene rings is 2. The van der Waals surface area contributed by atoms with E-state index in [9.17, 15) is 13.2 Å². The number of nitrogens with zero attached hydrogens (tertiary/aromatic N) is 5. The predicted molar refractivity (Wildman–Crippen MR) is 159 cm³/mol. The zero-order valence-electron chi connectivity index (χ0n) is 28.4. The van der Waals surface area contributed by atoms with Crippen LogP contribution in [0.25, 0.3) is 32.9 Å². The zero-order chi connectivity index (χ0) is 35.3. The van der Waals surface area contributed by atoms with E-state index in [2.05, 4.69) is 19.7 Å². The van der Waals surface area contributed by atoms with Crippen LogP contribution in [0.15, 0.2) is 30.5 Å². The molecule has 2 aromatic carbocycles. The number of aromatic nitrogens is 3. The fourth-order valence-corrected chi connectivity index (χ4v) is 7.67. The van der Waals surface area contributed by atoms with Crippen LogP contribution in [-0.4, -0.2) is 76.8 Å². The van der Waals surface area contributed by atoms with Crippen molar-refractivity contribution >= 4 is 27.5 Å². The van der Waals surface area contributed by atoms with Crippen molar-refractivity contribution in [3.8, 4) is 23.0 Å². The standard InChI is InChI=1S/C33H31F6N5O2/c34-16-46-30-23-17(11-22(36)25(30)38)5-3-7-19(23)27-26(39)28-21(13-40-27)31(44-10-2-1-6-20-24(37)29(20)44)42-32(41-28)45-15-33-8-4-9-43(33)14-18(35)12-33/h3,5,7,11,13,18,20,24,29H,1-2,4,6,8-10,12,14-16H2/t18-,20+,24+,29+,33+/m1/s1/i15D2,16D2. The number of hydrogen-bond acceptors (Lipinski definition) is 7. The molecule has 0 N–H and O–H groups in total. The second-order valence-electron chi connectivity index (χ2n) is 12.5. The van der Waals surface area contributed by atoms with Crippen molar-refractivity contribution in [3.63, 3.8) is 0 Å². The molecule has 5 atom stereocenters. The molecule has 13 heteroatoms. The Morgan fingerprint density at radius 1 is 1.04 bits per heavy atom. The molecule has 4 aliphatic rings. The Morgan fingerprint density at radius 3 is 2.76 bits per heavy atom. The molecule has 0 bridgehead atoms. The SMILES string of the molecule is [2H]C([2H])(F)Oc1c(F)c(F)cc2cccc(-c3ncc4c(N5CCCC[C@H]6[C@H](F)[C@H]65)nc(OC([2H])([2H])[C@@]56CCCN5C[C@H](F)C6)nc4c3F)c12. The Kier molecular flexibility index (Phi) is 6.11. The highest BCUT2D eigenvalue weighted by Gasteiger charge is 2.56. The second-order valence-corrected chi connectivity index (χ2v) is 12.5. The van der Waals surface area contributed by atoms with E-state index in [0.29, 0.717) is 38.8 Å². The Hall–Kier alpha value is -3.87. The van der Waals surface area contributed by atoms with E-state index in [-0.39, 0.29) is 46.4 Å². The molecule has 4 aromatic rings. The molecule has 4 fully saturated rings. The first-order chi connectivity index (χ1) is 23.7. The molecule has 2 aromatic heterocycles. The summed E-state index contributed by atoms with van der Waals surface area (Å²) in [6.07, 6.45) is 1.65. The van der Waals surface area contributed by atoms with Crippen molar-refractivity contribution in [3.05, 3.63) is 47.9 Å². The number of pyridine rings is 1. The van der Waals surface area contributed by atoms with Crippen LogP contribution in [0.3, 0.4) is 0 Å². The minimum absolute atomic E-state index is 0.0380. The molecule has 3 aliphatic heterocycles. The molecular weight excluding hydrogens is 612 g/mol. The van der Waals surface area contributed by atoms with Crippen LogP contribution < -0.4 is 14.4 Å². The molecule has 242 valence electrons. The van der Waals surface area contributed by atoms with Crippen molar-refractivity contribution < 1.29 is 41.3 Å². The quantitative estimate of drug-likeness (QED) is 0.204. The molecule has 5 heterocycles. The summed E-state index contributed by atoms with van der Waals surface area (Å²) in [5.74, 6) is -5.66. The number of fused-ring (bicyclic) bond motifs is 4. The van der Waals surface area contributed by atoms with E-state index in [1.165, 1.54) is 24.4 Å². The third-order valence-electron chi connectivity index (χ3n) is 9.84. The van der Waals surface area contributed by atoms with E-state index in [0.717, 1.165) is 12.5 Å². The lowest BCUT2D eigenvalue weighted by molar-refractivity contribution is 0.107. The Balaban J connectivity index is 1.32. The maximum absolute atomic E-state index is 16.9. The fraction of sp³-hybridized carbons (Fsp3) is 0.485. The maximum atomic E-state index is 16.9. The van der Waals surface area contributed by atoms with Gasteiger partial charge < -0.3 is 14.4 Å². The summed E-state index contributed by atoms with van der Waals surface area (Å²) in [6, 6.07) is 3.58. The summed E-state index contributed by atoms with van der Waals surface area (Å²) in [5, 5.41) is -0.418. The number of alkyl halides is 3. The van der Waals surface area contributed by atoms with E-state index in [4.69, 9.17) is 10.2 Å². The van der Waals surface area contributed by atoms with Gasteiger partial charge >= 0.3 is 6.01 Å². The molecular formula is C33H31F6N5O2. The van der Waals surface area contributed by atoms with Crippen molar-refractivity contribution in [2.75, 3.05) is 37.9 Å². The van der Waals surface area contributed by atoms with Crippen LogP contribution in [0.1, 0.15) is 44.0 Å². The molecule has 0 unspecified atom stereocenters. The Morgan fingerprint density at radius 2 is 1.91 bits per heavy atom. The van der Waals surface area contributed by atoms with Gasteiger partial charge in [-0.25, -0.2) is 22.0 Å². The van der Waals surface area contributed by atoms with Gasteiger partial charge in [0.15, 0.2) is 17.4 Å². The van der Waals surface area contributed by atoms with Gasteiger partial charge in [0.05, 0.1) is 19.7 Å². The van der Waals surface area contributed by atoms with Gasteiger partial charge in [-0.05, 0) is 43.7 Å². The molecule has 7 nitrogen and oxygen atoms in total. The van der Waals surface area contributed by atoms with Crippen molar-refractivity contribution in [1.82, 2.24) is 19.9 Å². The van der Waals surface area contributed by atoms with Crippen LogP contribution >= 0.6 is 0 Å². The van der Waals surface area contributed by atoms with Gasteiger partial charge in [-0.1, -0.05) is 24.6 Å². The lowest BCUT2D eigenvalue weighted by Crippen LogP contribution is -2.43. The van der Waals surface area contributed by atoms with E-state index in [1.807, 2.05) is 0 Å². The topological polar surface area (TPSA) is 63.6 Å². The monoisotopic (exact) mass is 647 g/mol. The first-order valence-corrected chi connectivity index (χ1v) is 15.3. The Labute approximate surface area is 266 Å². The van der Waals surface area contributed by atoms with Crippen LogP contribution in [0.4, 0.5) is 32.2 Å². The van der Waals surface area contributed by atoms with Crippen LogP contribution in [0, 0.1) is 23.4 Å². The largest absolute Gasteiger partial charge is 0.461 e. The van der Waals surface area contributed by atoms with Gasteiger partial charge in [0, 0.05) is 42.6 Å². The van der Waals surface area contributed by atoms with E-state index in [1.54, 1.807) is 9.80 Å². The molecule has 46 heavy (non-hydrogen) atoms. The fourth-order valence-electron chi connectivity index (χ4n) is 7.67. The minimum atomic E-state index is -3.94. The zero-order valence-corrected chi connectivity index (χ0v) is 24.4. The lowest BCUT2D eigenvalue weighted by Gasteiger charge is -2.31. The molecule has 8 rings (SSSR count). The molecule has 1 saturated carbocycles. The third kappa shape index (κ3) is 4.64. The summed E-state index contributed by atoms with van der Waals surface area (Å²) >= 11 is 0. The predicted octanol–water partition coefficient (Wildman–Crippen LogP) is 6.85. The second kappa shape index (κ2) is 11.1. The van der Waals surface area contributed by atoms with Gasteiger partial charge in [-0.3, -0.25) is 9.88 Å². The van der Waals surface area contributed by atoms with Crippen molar-refractivity contribution in [2.45, 2.75) is 62.4 Å². The number of anilines is 1. The first-order valence-electron chi connectivity index (χ1n) is 17.3. The van der Waals surface area contributed by atoms with Crippen LogP contribution in [0.2, 0.25) is 0 Å². The highest BCUT2D eigenvalue weighted by molar-refractivity contribution is 6.02. The number of rotatable bonds is 7. The summed E-state index contributed by atoms with van der Waals surface area (Å²) < 4.78 is 133. The molecule has 3 saturated heterocycles. The lowest BCUT2D eigenvalue weighted by atomic mass is 9.95. The molecule has 0 radical (unpaired) electrons.